The van der Waals surface area contributed by atoms with E-state index in [1.165, 1.54) is 0 Å². The predicted octanol–water partition coefficient (Wildman–Crippen LogP) is 0.312. The average molecular weight is 293 g/mol. The Balaban J connectivity index is 1.67. The van der Waals surface area contributed by atoms with E-state index in [-0.39, 0.29) is 37.9 Å². The molecule has 1 aliphatic carbocycles. The summed E-state index contributed by atoms with van der Waals surface area (Å²) in [5.41, 5.74) is 0. The van der Waals surface area contributed by atoms with Crippen molar-refractivity contribution in [2.45, 2.75) is 43.9 Å². The highest BCUT2D eigenvalue weighted by Gasteiger charge is 2.42. The quantitative estimate of drug-likeness (QED) is 0.699. The molecule has 0 aromatic carbocycles. The average Bonchev–Trinajstić information content (AvgIpc) is 3.19. The molecule has 2 fully saturated rings. The van der Waals surface area contributed by atoms with Crippen LogP contribution in [0.4, 0.5) is 13.2 Å². The van der Waals surface area contributed by atoms with E-state index < -0.39 is 24.0 Å². The molecule has 0 aromatic heterocycles. The maximum absolute atomic E-state index is 12.5. The zero-order chi connectivity index (χ0) is 14.8. The van der Waals surface area contributed by atoms with Crippen LogP contribution in [0, 0.1) is 5.92 Å². The Morgan fingerprint density at radius 1 is 1.15 bits per heavy atom. The lowest BCUT2D eigenvalue weighted by Crippen LogP contribution is -2.52. The molecule has 20 heavy (non-hydrogen) atoms. The first kappa shape index (κ1) is 15.1. The van der Waals surface area contributed by atoms with Gasteiger partial charge in [0.15, 0.2) is 0 Å². The molecule has 114 valence electrons. The van der Waals surface area contributed by atoms with Gasteiger partial charge in [0.25, 0.3) is 0 Å². The fraction of sp³-hybridized carbons (Fsp3) is 0.833. The van der Waals surface area contributed by atoms with E-state index >= 15 is 0 Å². The van der Waals surface area contributed by atoms with Crippen molar-refractivity contribution in [3.8, 4) is 0 Å². The van der Waals surface area contributed by atoms with Crippen LogP contribution in [-0.4, -0.2) is 43.2 Å². The summed E-state index contributed by atoms with van der Waals surface area (Å²) in [6.07, 6.45) is -2.24. The number of hydrogen-bond acceptors (Lipinski definition) is 3. The fourth-order valence-electron chi connectivity index (χ4n) is 2.16. The molecular formula is C12H18F3N3O2. The van der Waals surface area contributed by atoms with Crippen LogP contribution in [0.5, 0.6) is 0 Å². The number of piperidine rings is 1. The third kappa shape index (κ3) is 4.36. The summed E-state index contributed by atoms with van der Waals surface area (Å²) in [4.78, 5) is 23.1. The molecule has 2 amide bonds. The van der Waals surface area contributed by atoms with Gasteiger partial charge in [-0.05, 0) is 25.7 Å². The molecule has 1 heterocycles. The molecular weight excluding hydrogens is 275 g/mol. The van der Waals surface area contributed by atoms with Crippen LogP contribution in [0.15, 0.2) is 0 Å². The van der Waals surface area contributed by atoms with Gasteiger partial charge in [0.1, 0.15) is 0 Å². The standard InChI is InChI=1S/C12H18F3N3O2/c13-12(14,15)7-1-4-9(16-5-7)11(20)17-6-10(19)18-8-2-3-8/h7-9,16H,1-6H2,(H,17,20)(H,18,19). The lowest BCUT2D eigenvalue weighted by molar-refractivity contribution is -0.180. The van der Waals surface area contributed by atoms with Gasteiger partial charge in [-0.25, -0.2) is 0 Å². The molecule has 2 rings (SSSR count). The van der Waals surface area contributed by atoms with Crippen LogP contribution in [-0.2, 0) is 9.59 Å². The van der Waals surface area contributed by atoms with Crippen molar-refractivity contribution >= 4 is 11.8 Å². The van der Waals surface area contributed by atoms with Crippen molar-refractivity contribution in [2.75, 3.05) is 13.1 Å². The van der Waals surface area contributed by atoms with Crippen LogP contribution in [0.3, 0.4) is 0 Å². The first-order valence-electron chi connectivity index (χ1n) is 6.73. The summed E-state index contributed by atoms with van der Waals surface area (Å²) in [7, 11) is 0. The summed E-state index contributed by atoms with van der Waals surface area (Å²) in [5.74, 6) is -2.08. The maximum Gasteiger partial charge on any atom is 0.393 e. The van der Waals surface area contributed by atoms with Crippen molar-refractivity contribution < 1.29 is 22.8 Å². The third-order valence-electron chi connectivity index (χ3n) is 3.56. The topological polar surface area (TPSA) is 70.2 Å². The van der Waals surface area contributed by atoms with Crippen LogP contribution >= 0.6 is 0 Å². The Kier molecular flexibility index (Phi) is 4.52. The second-order valence-corrected chi connectivity index (χ2v) is 5.34. The lowest BCUT2D eigenvalue weighted by atomic mass is 9.94. The molecule has 2 atom stereocenters. The molecule has 3 N–H and O–H groups in total. The highest BCUT2D eigenvalue weighted by molar-refractivity contribution is 5.87. The van der Waals surface area contributed by atoms with Crippen LogP contribution in [0.1, 0.15) is 25.7 Å². The second-order valence-electron chi connectivity index (χ2n) is 5.34. The van der Waals surface area contributed by atoms with Crippen molar-refractivity contribution in [3.63, 3.8) is 0 Å². The number of halogens is 3. The number of rotatable bonds is 4. The SMILES string of the molecule is O=C(CNC(=O)C1CCC(C(F)(F)F)CN1)NC1CC1. The Morgan fingerprint density at radius 2 is 1.85 bits per heavy atom. The van der Waals surface area contributed by atoms with Crippen LogP contribution in [0.2, 0.25) is 0 Å². The lowest BCUT2D eigenvalue weighted by Gasteiger charge is -2.30. The van der Waals surface area contributed by atoms with E-state index in [9.17, 15) is 22.8 Å². The molecule has 0 aromatic rings. The molecule has 1 aliphatic heterocycles. The minimum absolute atomic E-state index is 0.0666. The van der Waals surface area contributed by atoms with Gasteiger partial charge >= 0.3 is 6.18 Å². The Bertz CT molecular complexity index is 375. The van der Waals surface area contributed by atoms with E-state index in [1.54, 1.807) is 0 Å². The van der Waals surface area contributed by atoms with Crippen molar-refractivity contribution in [1.29, 1.82) is 0 Å². The summed E-state index contributed by atoms with van der Waals surface area (Å²) in [6.45, 7) is -0.383. The summed E-state index contributed by atoms with van der Waals surface area (Å²) < 4.78 is 37.4. The number of carbonyl (C=O) groups excluding carboxylic acids is 2. The van der Waals surface area contributed by atoms with Crippen molar-refractivity contribution in [2.24, 2.45) is 5.92 Å². The highest BCUT2D eigenvalue weighted by Crippen LogP contribution is 2.31. The molecule has 2 aliphatic rings. The number of nitrogens with one attached hydrogen (secondary N) is 3. The van der Waals surface area contributed by atoms with Gasteiger partial charge in [-0.15, -0.1) is 0 Å². The molecule has 1 saturated heterocycles. The van der Waals surface area contributed by atoms with E-state index in [0.717, 1.165) is 12.8 Å². The van der Waals surface area contributed by atoms with E-state index in [2.05, 4.69) is 16.0 Å². The van der Waals surface area contributed by atoms with E-state index in [0.29, 0.717) is 0 Å². The minimum atomic E-state index is -4.22. The number of amides is 2. The van der Waals surface area contributed by atoms with E-state index in [4.69, 9.17) is 0 Å². The second kappa shape index (κ2) is 5.99. The highest BCUT2D eigenvalue weighted by atomic mass is 19.4. The predicted molar refractivity (Wildman–Crippen MR) is 64.7 cm³/mol. The Hall–Kier alpha value is -1.31. The van der Waals surface area contributed by atoms with Crippen molar-refractivity contribution in [1.82, 2.24) is 16.0 Å². The van der Waals surface area contributed by atoms with Crippen molar-refractivity contribution in [3.05, 3.63) is 0 Å². The normalized spacial score (nSPS) is 26.9. The first-order valence-corrected chi connectivity index (χ1v) is 6.73. The molecule has 0 spiro atoms. The number of alkyl halides is 3. The van der Waals surface area contributed by atoms with Gasteiger partial charge in [0.2, 0.25) is 11.8 Å². The Morgan fingerprint density at radius 3 is 2.35 bits per heavy atom. The van der Waals surface area contributed by atoms with Crippen LogP contribution < -0.4 is 16.0 Å². The van der Waals surface area contributed by atoms with Gasteiger partial charge in [-0.3, -0.25) is 9.59 Å². The zero-order valence-electron chi connectivity index (χ0n) is 10.9. The molecule has 1 saturated carbocycles. The van der Waals surface area contributed by atoms with Crippen LogP contribution in [0.25, 0.3) is 0 Å². The van der Waals surface area contributed by atoms with E-state index in [1.807, 2.05) is 0 Å². The Labute approximate surface area is 114 Å². The molecule has 2 unspecified atom stereocenters. The number of carbonyl (C=O) groups is 2. The van der Waals surface area contributed by atoms with Gasteiger partial charge in [-0.1, -0.05) is 0 Å². The molecule has 0 radical (unpaired) electrons. The zero-order valence-corrected chi connectivity index (χ0v) is 10.9. The van der Waals surface area contributed by atoms with Gasteiger partial charge in [0, 0.05) is 12.6 Å². The third-order valence-corrected chi connectivity index (χ3v) is 3.56. The van der Waals surface area contributed by atoms with Gasteiger partial charge in [0.05, 0.1) is 18.5 Å². The monoisotopic (exact) mass is 293 g/mol. The summed E-state index contributed by atoms with van der Waals surface area (Å²) in [6, 6.07) is -0.429. The molecule has 5 nitrogen and oxygen atoms in total. The van der Waals surface area contributed by atoms with Gasteiger partial charge < -0.3 is 16.0 Å². The largest absolute Gasteiger partial charge is 0.393 e. The molecule has 0 bridgehead atoms. The smallest absolute Gasteiger partial charge is 0.352 e. The molecule has 8 heteroatoms. The fourth-order valence-corrected chi connectivity index (χ4v) is 2.16. The first-order chi connectivity index (χ1) is 9.36. The number of hydrogen-bond donors (Lipinski definition) is 3. The maximum atomic E-state index is 12.5. The summed E-state index contributed by atoms with van der Waals surface area (Å²) in [5, 5.41) is 7.75. The van der Waals surface area contributed by atoms with Gasteiger partial charge in [-0.2, -0.15) is 13.2 Å². The minimum Gasteiger partial charge on any atom is -0.352 e. The summed E-state index contributed by atoms with van der Waals surface area (Å²) >= 11 is 0.